The van der Waals surface area contributed by atoms with Crippen molar-refractivity contribution < 1.29 is 9.90 Å². The third kappa shape index (κ3) is 2.95. The highest BCUT2D eigenvalue weighted by atomic mass is 16.4. The Hall–Kier alpha value is -1.56. The lowest BCUT2D eigenvalue weighted by molar-refractivity contribution is 0.103. The van der Waals surface area contributed by atoms with Gasteiger partial charge in [0.25, 0.3) is 0 Å². The van der Waals surface area contributed by atoms with Gasteiger partial charge in [-0.1, -0.05) is 13.8 Å². The number of likely N-dealkylation sites (N-methyl/N-ethyl adjacent to an activating group) is 1. The number of aromatic amines is 1. The predicted molar refractivity (Wildman–Crippen MR) is 76.9 cm³/mol. The molecule has 0 fully saturated rings. The van der Waals surface area contributed by atoms with Crippen LogP contribution in [0.1, 0.15) is 37.1 Å². The first-order valence-corrected chi connectivity index (χ1v) is 7.12. The quantitative estimate of drug-likeness (QED) is 0.881. The van der Waals surface area contributed by atoms with Crippen LogP contribution >= 0.6 is 0 Å². The van der Waals surface area contributed by atoms with Crippen LogP contribution in [0.25, 0.3) is 0 Å². The Morgan fingerprint density at radius 3 is 2.80 bits per heavy atom. The average Bonchev–Trinajstić information content (AvgIpc) is 2.77. The fourth-order valence-corrected chi connectivity index (χ4v) is 2.77. The summed E-state index contributed by atoms with van der Waals surface area (Å²) in [5.41, 5.74) is 2.03. The van der Waals surface area contributed by atoms with Gasteiger partial charge in [0.05, 0.1) is 11.7 Å². The largest absolute Gasteiger partial charge is 0.465 e. The lowest BCUT2D eigenvalue weighted by atomic mass is 9.94. The van der Waals surface area contributed by atoms with E-state index in [0.29, 0.717) is 6.54 Å². The topological polar surface area (TPSA) is 72.5 Å². The standard InChI is InChI=1S/C14H24N4O2/c1-9(2)13-12-10(5-8-18(13)14(19)20)15-11(16-12)6-7-17(3)4/h9,13H,5-8H2,1-4H3,(H,15,16)(H,19,20). The van der Waals surface area contributed by atoms with Gasteiger partial charge in [0, 0.05) is 31.6 Å². The summed E-state index contributed by atoms with van der Waals surface area (Å²) in [6.45, 7) is 5.57. The Morgan fingerprint density at radius 2 is 2.25 bits per heavy atom. The van der Waals surface area contributed by atoms with Crippen LogP contribution in [0.15, 0.2) is 0 Å². The first-order valence-electron chi connectivity index (χ1n) is 7.12. The normalized spacial score (nSPS) is 18.7. The van der Waals surface area contributed by atoms with Gasteiger partial charge in [-0.25, -0.2) is 9.78 Å². The smallest absolute Gasteiger partial charge is 0.407 e. The fourth-order valence-electron chi connectivity index (χ4n) is 2.77. The molecule has 1 aromatic rings. The van der Waals surface area contributed by atoms with Crippen molar-refractivity contribution in [3.05, 3.63) is 17.2 Å². The zero-order chi connectivity index (χ0) is 14.9. The molecule has 1 aliphatic rings. The van der Waals surface area contributed by atoms with Gasteiger partial charge >= 0.3 is 6.09 Å². The number of amides is 1. The Balaban J connectivity index is 2.25. The molecule has 1 aromatic heterocycles. The van der Waals surface area contributed by atoms with Crippen LogP contribution in [0.2, 0.25) is 0 Å². The molecule has 6 heteroatoms. The van der Waals surface area contributed by atoms with E-state index in [1.165, 1.54) is 4.90 Å². The van der Waals surface area contributed by atoms with E-state index in [2.05, 4.69) is 14.9 Å². The van der Waals surface area contributed by atoms with E-state index in [1.807, 2.05) is 27.9 Å². The van der Waals surface area contributed by atoms with Crippen LogP contribution in [-0.4, -0.2) is 58.2 Å². The average molecular weight is 280 g/mol. The molecule has 20 heavy (non-hydrogen) atoms. The SMILES string of the molecule is CC(C)C1c2nc(CCN(C)C)[nH]c2CCN1C(=O)O. The summed E-state index contributed by atoms with van der Waals surface area (Å²) in [4.78, 5) is 23.1. The van der Waals surface area contributed by atoms with Crippen molar-refractivity contribution in [2.75, 3.05) is 27.2 Å². The summed E-state index contributed by atoms with van der Waals surface area (Å²) in [5.74, 6) is 1.18. The third-order valence-electron chi connectivity index (χ3n) is 3.75. The maximum Gasteiger partial charge on any atom is 0.407 e. The van der Waals surface area contributed by atoms with Crippen molar-refractivity contribution in [3.63, 3.8) is 0 Å². The Labute approximate surface area is 119 Å². The molecule has 112 valence electrons. The Morgan fingerprint density at radius 1 is 1.55 bits per heavy atom. The molecule has 1 atom stereocenters. The minimum absolute atomic E-state index is 0.138. The number of hydrogen-bond donors (Lipinski definition) is 2. The number of hydrogen-bond acceptors (Lipinski definition) is 3. The van der Waals surface area contributed by atoms with E-state index in [9.17, 15) is 9.90 Å². The molecule has 0 saturated heterocycles. The van der Waals surface area contributed by atoms with Gasteiger partial charge in [-0.2, -0.15) is 0 Å². The highest BCUT2D eigenvalue weighted by Crippen LogP contribution is 2.33. The summed E-state index contributed by atoms with van der Waals surface area (Å²) in [5, 5.41) is 9.35. The van der Waals surface area contributed by atoms with E-state index in [1.54, 1.807) is 0 Å². The number of carboxylic acid groups (broad SMARTS) is 1. The van der Waals surface area contributed by atoms with Crippen molar-refractivity contribution in [2.45, 2.75) is 32.7 Å². The highest BCUT2D eigenvalue weighted by molar-refractivity contribution is 5.66. The zero-order valence-electron chi connectivity index (χ0n) is 12.7. The van der Waals surface area contributed by atoms with Gasteiger partial charge in [-0.15, -0.1) is 0 Å². The second-order valence-corrected chi connectivity index (χ2v) is 6.02. The number of H-pyrrole nitrogens is 1. The van der Waals surface area contributed by atoms with Crippen molar-refractivity contribution in [2.24, 2.45) is 5.92 Å². The van der Waals surface area contributed by atoms with E-state index < -0.39 is 6.09 Å². The third-order valence-corrected chi connectivity index (χ3v) is 3.75. The zero-order valence-corrected chi connectivity index (χ0v) is 12.7. The molecular formula is C14H24N4O2. The maximum absolute atomic E-state index is 11.4. The summed E-state index contributed by atoms with van der Waals surface area (Å²) >= 11 is 0. The van der Waals surface area contributed by atoms with Gasteiger partial charge in [0.15, 0.2) is 0 Å². The van der Waals surface area contributed by atoms with E-state index in [0.717, 1.165) is 36.6 Å². The van der Waals surface area contributed by atoms with Crippen LogP contribution in [0, 0.1) is 5.92 Å². The second kappa shape index (κ2) is 5.83. The molecule has 0 radical (unpaired) electrons. The molecule has 1 unspecified atom stereocenters. The summed E-state index contributed by atoms with van der Waals surface area (Å²) in [7, 11) is 4.07. The molecule has 2 N–H and O–H groups in total. The number of nitrogens with zero attached hydrogens (tertiary/aromatic N) is 3. The molecule has 0 bridgehead atoms. The Kier molecular flexibility index (Phi) is 4.32. The number of nitrogens with one attached hydrogen (secondary N) is 1. The molecule has 6 nitrogen and oxygen atoms in total. The molecule has 1 aliphatic heterocycles. The minimum atomic E-state index is -0.854. The lowest BCUT2D eigenvalue weighted by Crippen LogP contribution is -2.41. The fraction of sp³-hybridized carbons (Fsp3) is 0.714. The molecule has 0 aromatic carbocycles. The van der Waals surface area contributed by atoms with Gasteiger partial charge < -0.3 is 15.0 Å². The number of rotatable bonds is 4. The highest BCUT2D eigenvalue weighted by Gasteiger charge is 2.35. The number of aromatic nitrogens is 2. The van der Waals surface area contributed by atoms with Gasteiger partial charge in [0.2, 0.25) is 0 Å². The lowest BCUT2D eigenvalue weighted by Gasteiger charge is -2.35. The summed E-state index contributed by atoms with van der Waals surface area (Å²) in [6.07, 6.45) is 0.727. The van der Waals surface area contributed by atoms with Crippen LogP contribution < -0.4 is 0 Å². The van der Waals surface area contributed by atoms with E-state index in [-0.39, 0.29) is 12.0 Å². The number of carbonyl (C=O) groups is 1. The predicted octanol–water partition coefficient (Wildman–Crippen LogP) is 1.75. The molecule has 0 aliphatic carbocycles. The van der Waals surface area contributed by atoms with Crippen LogP contribution in [0.3, 0.4) is 0 Å². The first kappa shape index (κ1) is 14.8. The molecular weight excluding hydrogens is 256 g/mol. The minimum Gasteiger partial charge on any atom is -0.465 e. The molecule has 2 rings (SSSR count). The number of fused-ring (bicyclic) bond motifs is 1. The van der Waals surface area contributed by atoms with Crippen molar-refractivity contribution in [3.8, 4) is 0 Å². The van der Waals surface area contributed by atoms with Crippen molar-refractivity contribution in [1.29, 1.82) is 0 Å². The van der Waals surface area contributed by atoms with Crippen LogP contribution in [0.4, 0.5) is 4.79 Å². The Bertz CT molecular complexity index is 482. The first-order chi connectivity index (χ1) is 9.40. The van der Waals surface area contributed by atoms with Gasteiger partial charge in [-0.05, 0) is 20.0 Å². The summed E-state index contributed by atoms with van der Waals surface area (Å²) < 4.78 is 0. The summed E-state index contributed by atoms with van der Waals surface area (Å²) in [6, 6.07) is -0.138. The molecule has 1 amide bonds. The van der Waals surface area contributed by atoms with Gasteiger partial charge in [-0.3, -0.25) is 4.90 Å². The van der Waals surface area contributed by atoms with Crippen molar-refractivity contribution in [1.82, 2.24) is 19.8 Å². The monoisotopic (exact) mass is 280 g/mol. The molecule has 0 saturated carbocycles. The second-order valence-electron chi connectivity index (χ2n) is 6.02. The number of imidazole rings is 1. The van der Waals surface area contributed by atoms with Crippen LogP contribution in [0.5, 0.6) is 0 Å². The van der Waals surface area contributed by atoms with Gasteiger partial charge in [0.1, 0.15) is 5.82 Å². The van der Waals surface area contributed by atoms with E-state index in [4.69, 9.17) is 0 Å². The van der Waals surface area contributed by atoms with Crippen molar-refractivity contribution >= 4 is 6.09 Å². The molecule has 2 heterocycles. The maximum atomic E-state index is 11.4. The molecule has 0 spiro atoms. The van der Waals surface area contributed by atoms with E-state index >= 15 is 0 Å². The van der Waals surface area contributed by atoms with Crippen LogP contribution in [-0.2, 0) is 12.8 Å².